The lowest BCUT2D eigenvalue weighted by Crippen LogP contribution is -2.40. The van der Waals surface area contributed by atoms with Gasteiger partial charge in [-0.05, 0) is 90.5 Å². The molecule has 0 aliphatic carbocycles. The molecular formula is C31H43NO. The van der Waals surface area contributed by atoms with E-state index in [1.54, 1.807) is 0 Å². The van der Waals surface area contributed by atoms with Gasteiger partial charge in [-0.3, -0.25) is 9.69 Å². The summed E-state index contributed by atoms with van der Waals surface area (Å²) in [4.78, 5) is 16.1. The van der Waals surface area contributed by atoms with Gasteiger partial charge in [0.15, 0.2) is 5.78 Å². The summed E-state index contributed by atoms with van der Waals surface area (Å²) in [5, 5.41) is 4.94. The van der Waals surface area contributed by atoms with E-state index in [9.17, 15) is 4.79 Å². The summed E-state index contributed by atoms with van der Waals surface area (Å²) in [6.45, 7) is 15.2. The molecule has 0 aliphatic heterocycles. The number of unbranched alkanes of at least 4 members (excludes halogenated alkanes) is 4. The molecule has 0 saturated heterocycles. The van der Waals surface area contributed by atoms with E-state index in [1.807, 2.05) is 0 Å². The molecule has 3 aromatic rings. The molecule has 2 heteroatoms. The maximum Gasteiger partial charge on any atom is 0.179 e. The van der Waals surface area contributed by atoms with Gasteiger partial charge < -0.3 is 0 Å². The summed E-state index contributed by atoms with van der Waals surface area (Å²) in [5.41, 5.74) is 3.39. The van der Waals surface area contributed by atoms with Gasteiger partial charge in [-0.1, -0.05) is 83.7 Å². The maximum atomic E-state index is 13.7. The second kappa shape index (κ2) is 11.8. The molecule has 0 N–H and O–H groups in total. The van der Waals surface area contributed by atoms with Gasteiger partial charge in [0.2, 0.25) is 0 Å². The molecule has 0 fully saturated rings. The average Bonchev–Trinajstić information content (AvgIpc) is 2.81. The topological polar surface area (TPSA) is 20.3 Å². The first-order chi connectivity index (χ1) is 15.9. The van der Waals surface area contributed by atoms with Gasteiger partial charge in [0, 0.05) is 5.56 Å². The van der Waals surface area contributed by atoms with E-state index < -0.39 is 0 Å². The second-order valence-electron chi connectivity index (χ2n) is 10.1. The molecule has 1 atom stereocenters. The molecule has 0 spiro atoms. The van der Waals surface area contributed by atoms with Crippen LogP contribution in [0.3, 0.4) is 0 Å². The van der Waals surface area contributed by atoms with Crippen molar-refractivity contribution < 1.29 is 4.79 Å². The van der Waals surface area contributed by atoms with Crippen LogP contribution in [0.1, 0.15) is 101 Å². The number of carbonyl (C=O) groups excluding carboxylic acids is 1. The normalized spacial score (nSPS) is 12.8. The lowest BCUT2D eigenvalue weighted by molar-refractivity contribution is 0.0832. The summed E-state index contributed by atoms with van der Waals surface area (Å²) >= 11 is 0. The number of fused-ring (bicyclic) bond motifs is 3. The number of ketones is 1. The molecule has 0 amide bonds. The highest BCUT2D eigenvalue weighted by Crippen LogP contribution is 2.31. The van der Waals surface area contributed by atoms with Crippen molar-refractivity contribution >= 4 is 27.3 Å². The first-order valence-corrected chi connectivity index (χ1v) is 13.1. The SMILES string of the molecule is CCCCCN(CCCCC)C(C)C(=O)c1cc(C)c2ccc3cc(C(C)C)ccc3c2c1. The Morgan fingerprint density at radius 2 is 1.42 bits per heavy atom. The molecule has 0 aromatic heterocycles. The van der Waals surface area contributed by atoms with E-state index >= 15 is 0 Å². The van der Waals surface area contributed by atoms with Crippen LogP contribution in [0, 0.1) is 6.92 Å². The number of aryl methyl sites for hydroxylation is 1. The van der Waals surface area contributed by atoms with Crippen molar-refractivity contribution in [2.24, 2.45) is 0 Å². The van der Waals surface area contributed by atoms with Gasteiger partial charge >= 0.3 is 0 Å². The minimum atomic E-state index is -0.0851. The molecule has 33 heavy (non-hydrogen) atoms. The third kappa shape index (κ3) is 6.03. The zero-order chi connectivity index (χ0) is 24.0. The van der Waals surface area contributed by atoms with Crippen molar-refractivity contribution in [1.82, 2.24) is 4.90 Å². The van der Waals surface area contributed by atoms with E-state index in [2.05, 4.69) is 88.9 Å². The molecule has 1 unspecified atom stereocenters. The van der Waals surface area contributed by atoms with Crippen molar-refractivity contribution in [2.75, 3.05) is 13.1 Å². The van der Waals surface area contributed by atoms with Crippen molar-refractivity contribution in [2.45, 2.75) is 92.0 Å². The first-order valence-electron chi connectivity index (χ1n) is 13.1. The van der Waals surface area contributed by atoms with E-state index in [0.29, 0.717) is 5.92 Å². The fourth-order valence-electron chi connectivity index (χ4n) is 4.92. The Bertz CT molecular complexity index is 1070. The minimum Gasteiger partial charge on any atom is -0.294 e. The van der Waals surface area contributed by atoms with Crippen LogP contribution in [0.15, 0.2) is 42.5 Å². The van der Waals surface area contributed by atoms with Crippen LogP contribution in [0.25, 0.3) is 21.5 Å². The van der Waals surface area contributed by atoms with Gasteiger partial charge in [-0.25, -0.2) is 0 Å². The highest BCUT2D eigenvalue weighted by Gasteiger charge is 2.23. The first kappa shape index (κ1) is 25.4. The Kier molecular flexibility index (Phi) is 9.09. The molecule has 0 radical (unpaired) electrons. The maximum absolute atomic E-state index is 13.7. The van der Waals surface area contributed by atoms with Gasteiger partial charge in [0.25, 0.3) is 0 Å². The zero-order valence-electron chi connectivity index (χ0n) is 21.7. The Morgan fingerprint density at radius 1 is 0.788 bits per heavy atom. The van der Waals surface area contributed by atoms with Crippen LogP contribution >= 0.6 is 0 Å². The highest BCUT2D eigenvalue weighted by molar-refractivity contribution is 6.12. The van der Waals surface area contributed by atoms with Crippen molar-refractivity contribution in [3.05, 3.63) is 59.2 Å². The lowest BCUT2D eigenvalue weighted by atomic mass is 9.92. The molecular weight excluding hydrogens is 402 g/mol. The summed E-state index contributed by atoms with van der Waals surface area (Å²) in [5.74, 6) is 0.760. The molecule has 3 rings (SSSR count). The summed E-state index contributed by atoms with van der Waals surface area (Å²) in [7, 11) is 0. The minimum absolute atomic E-state index is 0.0851. The number of rotatable bonds is 12. The molecule has 0 aliphatic rings. The van der Waals surface area contributed by atoms with Gasteiger partial charge in [-0.2, -0.15) is 0 Å². The van der Waals surface area contributed by atoms with Crippen LogP contribution in [0.4, 0.5) is 0 Å². The zero-order valence-corrected chi connectivity index (χ0v) is 21.7. The number of Topliss-reactive ketones (excluding diaryl/α,β-unsaturated/α-hetero) is 1. The Hall–Kier alpha value is -2.19. The van der Waals surface area contributed by atoms with Crippen LogP contribution in [0.2, 0.25) is 0 Å². The molecule has 2 nitrogen and oxygen atoms in total. The van der Waals surface area contributed by atoms with Crippen molar-refractivity contribution in [3.8, 4) is 0 Å². The quantitative estimate of drug-likeness (QED) is 0.158. The average molecular weight is 446 g/mol. The molecule has 0 bridgehead atoms. The monoisotopic (exact) mass is 445 g/mol. The molecule has 0 heterocycles. The smallest absolute Gasteiger partial charge is 0.179 e. The predicted molar refractivity (Wildman–Crippen MR) is 145 cm³/mol. The van der Waals surface area contributed by atoms with Gasteiger partial charge in [0.05, 0.1) is 6.04 Å². The number of carbonyl (C=O) groups is 1. The number of benzene rings is 3. The van der Waals surface area contributed by atoms with E-state index in [0.717, 1.165) is 18.7 Å². The van der Waals surface area contributed by atoms with Crippen molar-refractivity contribution in [3.63, 3.8) is 0 Å². The van der Waals surface area contributed by atoms with Gasteiger partial charge in [-0.15, -0.1) is 0 Å². The van der Waals surface area contributed by atoms with E-state index in [-0.39, 0.29) is 11.8 Å². The van der Waals surface area contributed by atoms with Crippen molar-refractivity contribution in [1.29, 1.82) is 0 Å². The fourth-order valence-corrected chi connectivity index (χ4v) is 4.92. The number of hydrogen-bond acceptors (Lipinski definition) is 2. The van der Waals surface area contributed by atoms with Crippen LogP contribution in [-0.4, -0.2) is 29.8 Å². The molecule has 0 saturated carbocycles. The largest absolute Gasteiger partial charge is 0.294 e. The third-order valence-corrected chi connectivity index (χ3v) is 7.16. The fraction of sp³-hybridized carbons (Fsp3) is 0.516. The highest BCUT2D eigenvalue weighted by atomic mass is 16.1. The lowest BCUT2D eigenvalue weighted by Gasteiger charge is -2.28. The standard InChI is InChI=1S/C31H43NO/c1-7-9-11-17-32(18-12-10-8-2)24(6)31(33)27-19-23(5)28-15-14-26-20-25(22(3)4)13-16-29(26)30(28)21-27/h13-16,19-22,24H,7-12,17-18H2,1-6H3. The van der Waals surface area contributed by atoms with Crippen LogP contribution in [-0.2, 0) is 0 Å². The van der Waals surface area contributed by atoms with E-state index in [1.165, 1.54) is 71.2 Å². The predicted octanol–water partition coefficient (Wildman–Crippen LogP) is 8.68. The third-order valence-electron chi connectivity index (χ3n) is 7.16. The van der Waals surface area contributed by atoms with Gasteiger partial charge in [0.1, 0.15) is 0 Å². The van der Waals surface area contributed by atoms with Crippen LogP contribution < -0.4 is 0 Å². The molecule has 3 aromatic carbocycles. The Balaban J connectivity index is 1.96. The Morgan fingerprint density at radius 3 is 2.03 bits per heavy atom. The second-order valence-corrected chi connectivity index (χ2v) is 10.1. The Labute approximate surface area is 201 Å². The summed E-state index contributed by atoms with van der Waals surface area (Å²) in [6.07, 6.45) is 7.20. The summed E-state index contributed by atoms with van der Waals surface area (Å²) < 4.78 is 0. The number of hydrogen-bond donors (Lipinski definition) is 0. The summed E-state index contributed by atoms with van der Waals surface area (Å²) in [6, 6.07) is 15.4. The molecule has 178 valence electrons. The van der Waals surface area contributed by atoms with Crippen LogP contribution in [0.5, 0.6) is 0 Å². The van der Waals surface area contributed by atoms with E-state index in [4.69, 9.17) is 0 Å². The number of nitrogens with zero attached hydrogens (tertiary/aromatic N) is 1.